The standard InChI is InChI=1S/C12H13BrClN3S/c1-7(2)15-6-11-16-17-12(18-11)9-4-3-8(13)5-10(9)14/h3-5,7,15H,6H2,1-2H3. The highest BCUT2D eigenvalue weighted by Crippen LogP contribution is 2.32. The molecule has 0 aliphatic heterocycles. The van der Waals surface area contributed by atoms with Gasteiger partial charge in [-0.15, -0.1) is 10.2 Å². The predicted molar refractivity (Wildman–Crippen MR) is 80.0 cm³/mol. The second-order valence-electron chi connectivity index (χ2n) is 4.16. The Hall–Kier alpha value is -0.490. The Morgan fingerprint density at radius 1 is 1.39 bits per heavy atom. The van der Waals surface area contributed by atoms with Gasteiger partial charge in [0.15, 0.2) is 0 Å². The number of rotatable bonds is 4. The van der Waals surface area contributed by atoms with Crippen molar-refractivity contribution in [1.82, 2.24) is 15.5 Å². The van der Waals surface area contributed by atoms with Gasteiger partial charge in [0.05, 0.1) is 5.02 Å². The van der Waals surface area contributed by atoms with Crippen molar-refractivity contribution >= 4 is 38.9 Å². The summed E-state index contributed by atoms with van der Waals surface area (Å²) in [5.74, 6) is 0. The molecule has 0 unspecified atom stereocenters. The molecular weight excluding hydrogens is 334 g/mol. The van der Waals surface area contributed by atoms with E-state index in [4.69, 9.17) is 11.6 Å². The molecule has 3 nitrogen and oxygen atoms in total. The van der Waals surface area contributed by atoms with E-state index < -0.39 is 0 Å². The van der Waals surface area contributed by atoms with Crippen LogP contribution in [0, 0.1) is 0 Å². The second-order valence-corrected chi connectivity index (χ2v) is 6.55. The molecule has 18 heavy (non-hydrogen) atoms. The Balaban J connectivity index is 2.18. The molecule has 2 rings (SSSR count). The topological polar surface area (TPSA) is 37.8 Å². The van der Waals surface area contributed by atoms with Crippen LogP contribution in [0.1, 0.15) is 18.9 Å². The summed E-state index contributed by atoms with van der Waals surface area (Å²) in [7, 11) is 0. The van der Waals surface area contributed by atoms with Crippen LogP contribution in [0.25, 0.3) is 10.6 Å². The zero-order valence-electron chi connectivity index (χ0n) is 10.1. The van der Waals surface area contributed by atoms with E-state index in [-0.39, 0.29) is 0 Å². The average Bonchev–Trinajstić information content (AvgIpc) is 2.75. The van der Waals surface area contributed by atoms with Gasteiger partial charge in [0.1, 0.15) is 10.0 Å². The van der Waals surface area contributed by atoms with Crippen molar-refractivity contribution in [3.63, 3.8) is 0 Å². The van der Waals surface area contributed by atoms with E-state index in [2.05, 4.69) is 45.3 Å². The molecular formula is C12H13BrClN3S. The quantitative estimate of drug-likeness (QED) is 0.905. The van der Waals surface area contributed by atoms with Crippen LogP contribution >= 0.6 is 38.9 Å². The average molecular weight is 347 g/mol. The molecule has 1 heterocycles. The normalized spacial score (nSPS) is 11.2. The molecule has 0 bridgehead atoms. The first-order valence-corrected chi connectivity index (χ1v) is 7.56. The summed E-state index contributed by atoms with van der Waals surface area (Å²) < 4.78 is 0.961. The lowest BCUT2D eigenvalue weighted by Crippen LogP contribution is -2.21. The van der Waals surface area contributed by atoms with Gasteiger partial charge >= 0.3 is 0 Å². The van der Waals surface area contributed by atoms with Crippen molar-refractivity contribution in [3.8, 4) is 10.6 Å². The van der Waals surface area contributed by atoms with Crippen LogP contribution < -0.4 is 5.32 Å². The summed E-state index contributed by atoms with van der Waals surface area (Å²) in [5, 5.41) is 14.2. The van der Waals surface area contributed by atoms with E-state index in [1.807, 2.05) is 18.2 Å². The van der Waals surface area contributed by atoms with Crippen molar-refractivity contribution in [2.45, 2.75) is 26.4 Å². The summed E-state index contributed by atoms with van der Waals surface area (Å²) in [4.78, 5) is 0. The third kappa shape index (κ3) is 3.51. The number of hydrogen-bond donors (Lipinski definition) is 1. The van der Waals surface area contributed by atoms with E-state index in [1.165, 1.54) is 0 Å². The molecule has 96 valence electrons. The van der Waals surface area contributed by atoms with Gasteiger partial charge in [0, 0.05) is 22.6 Å². The van der Waals surface area contributed by atoms with Crippen molar-refractivity contribution in [3.05, 3.63) is 32.7 Å². The molecule has 1 aromatic heterocycles. The van der Waals surface area contributed by atoms with E-state index >= 15 is 0 Å². The van der Waals surface area contributed by atoms with Gasteiger partial charge < -0.3 is 5.32 Å². The van der Waals surface area contributed by atoms with E-state index in [0.29, 0.717) is 11.1 Å². The Labute approximate surface area is 124 Å². The molecule has 0 atom stereocenters. The molecule has 0 radical (unpaired) electrons. The molecule has 6 heteroatoms. The molecule has 0 saturated heterocycles. The third-order valence-electron chi connectivity index (χ3n) is 2.29. The number of nitrogens with zero attached hydrogens (tertiary/aromatic N) is 2. The Morgan fingerprint density at radius 3 is 2.83 bits per heavy atom. The van der Waals surface area contributed by atoms with Crippen molar-refractivity contribution in [1.29, 1.82) is 0 Å². The van der Waals surface area contributed by atoms with Gasteiger partial charge in [0.25, 0.3) is 0 Å². The van der Waals surface area contributed by atoms with Gasteiger partial charge in [0.2, 0.25) is 0 Å². The van der Waals surface area contributed by atoms with Crippen LogP contribution in [0.4, 0.5) is 0 Å². The van der Waals surface area contributed by atoms with Gasteiger partial charge in [-0.1, -0.05) is 52.7 Å². The third-order valence-corrected chi connectivity index (χ3v) is 4.05. The highest BCUT2D eigenvalue weighted by molar-refractivity contribution is 9.10. The largest absolute Gasteiger partial charge is 0.308 e. The minimum Gasteiger partial charge on any atom is -0.308 e. The number of aromatic nitrogens is 2. The van der Waals surface area contributed by atoms with Gasteiger partial charge in [-0.3, -0.25) is 0 Å². The lowest BCUT2D eigenvalue weighted by atomic mass is 10.2. The zero-order chi connectivity index (χ0) is 13.1. The molecule has 0 fully saturated rings. The minimum absolute atomic E-state index is 0.439. The molecule has 0 aliphatic carbocycles. The zero-order valence-corrected chi connectivity index (χ0v) is 13.2. The summed E-state index contributed by atoms with van der Waals surface area (Å²) in [6.07, 6.45) is 0. The Morgan fingerprint density at radius 2 is 2.17 bits per heavy atom. The molecule has 0 amide bonds. The number of halogens is 2. The van der Waals surface area contributed by atoms with Gasteiger partial charge in [-0.25, -0.2) is 0 Å². The maximum Gasteiger partial charge on any atom is 0.149 e. The van der Waals surface area contributed by atoms with Crippen molar-refractivity contribution in [2.24, 2.45) is 0 Å². The van der Waals surface area contributed by atoms with Crippen LogP contribution in [0.15, 0.2) is 22.7 Å². The summed E-state index contributed by atoms with van der Waals surface area (Å²) in [6.45, 7) is 4.95. The maximum atomic E-state index is 6.19. The lowest BCUT2D eigenvalue weighted by Gasteiger charge is -2.03. The number of hydrogen-bond acceptors (Lipinski definition) is 4. The molecule has 1 aromatic carbocycles. The van der Waals surface area contributed by atoms with Crippen molar-refractivity contribution < 1.29 is 0 Å². The first kappa shape index (κ1) is 13.9. The van der Waals surface area contributed by atoms with E-state index in [0.717, 1.165) is 26.6 Å². The van der Waals surface area contributed by atoms with Crippen LogP contribution in [-0.4, -0.2) is 16.2 Å². The first-order chi connectivity index (χ1) is 8.56. The maximum absolute atomic E-state index is 6.19. The van der Waals surface area contributed by atoms with Crippen LogP contribution in [0.2, 0.25) is 5.02 Å². The highest BCUT2D eigenvalue weighted by Gasteiger charge is 2.10. The van der Waals surface area contributed by atoms with Crippen LogP contribution in [0.5, 0.6) is 0 Å². The Bertz CT molecular complexity index is 542. The fourth-order valence-electron chi connectivity index (χ4n) is 1.39. The van der Waals surface area contributed by atoms with Crippen LogP contribution in [-0.2, 0) is 6.54 Å². The van der Waals surface area contributed by atoms with E-state index in [9.17, 15) is 0 Å². The lowest BCUT2D eigenvalue weighted by molar-refractivity contribution is 0.585. The summed E-state index contributed by atoms with van der Waals surface area (Å²) in [5.41, 5.74) is 0.924. The van der Waals surface area contributed by atoms with Gasteiger partial charge in [-0.2, -0.15) is 0 Å². The first-order valence-electron chi connectivity index (χ1n) is 5.57. The Kier molecular flexibility index (Phi) is 4.72. The highest BCUT2D eigenvalue weighted by atomic mass is 79.9. The molecule has 0 spiro atoms. The molecule has 0 saturated carbocycles. The number of benzene rings is 1. The fraction of sp³-hybridized carbons (Fsp3) is 0.333. The van der Waals surface area contributed by atoms with Gasteiger partial charge in [-0.05, 0) is 18.2 Å². The van der Waals surface area contributed by atoms with Crippen LogP contribution in [0.3, 0.4) is 0 Å². The fourth-order valence-corrected chi connectivity index (χ4v) is 3.04. The number of nitrogens with one attached hydrogen (secondary N) is 1. The molecule has 1 N–H and O–H groups in total. The summed E-state index contributed by atoms with van der Waals surface area (Å²) >= 11 is 11.1. The second kappa shape index (κ2) is 6.10. The smallest absolute Gasteiger partial charge is 0.149 e. The SMILES string of the molecule is CC(C)NCc1nnc(-c2ccc(Br)cc2Cl)s1. The van der Waals surface area contributed by atoms with E-state index in [1.54, 1.807) is 11.3 Å². The molecule has 2 aromatic rings. The predicted octanol–water partition coefficient (Wildman–Crippen LogP) is 4.12. The minimum atomic E-state index is 0.439. The monoisotopic (exact) mass is 345 g/mol. The van der Waals surface area contributed by atoms with Crippen molar-refractivity contribution in [2.75, 3.05) is 0 Å². The summed E-state index contributed by atoms with van der Waals surface area (Å²) in [6, 6.07) is 6.21. The molecule has 0 aliphatic rings.